The van der Waals surface area contributed by atoms with Crippen molar-refractivity contribution >= 4 is 11.4 Å². The highest BCUT2D eigenvalue weighted by atomic mass is 14.9. The van der Waals surface area contributed by atoms with Gasteiger partial charge in [0.15, 0.2) is 0 Å². The van der Waals surface area contributed by atoms with Gasteiger partial charge in [0.05, 0.1) is 22.5 Å². The van der Waals surface area contributed by atoms with Gasteiger partial charge in [0.2, 0.25) is 0 Å². The molecule has 0 bridgehead atoms. The molecule has 0 unspecified atom stereocenters. The molecule has 2 heteroatoms. The van der Waals surface area contributed by atoms with Crippen LogP contribution in [0.2, 0.25) is 0 Å². The summed E-state index contributed by atoms with van der Waals surface area (Å²) in [5.41, 5.74) is 1.97. The highest BCUT2D eigenvalue weighted by Crippen LogP contribution is 2.14. The van der Waals surface area contributed by atoms with Crippen LogP contribution in [0.5, 0.6) is 0 Å². The van der Waals surface area contributed by atoms with E-state index >= 15 is 0 Å². The fourth-order valence-electron chi connectivity index (χ4n) is 1.58. The van der Waals surface area contributed by atoms with E-state index in [-0.39, 0.29) is 11.1 Å². The third-order valence-electron chi connectivity index (χ3n) is 2.03. The van der Waals surface area contributed by atoms with Gasteiger partial charge in [-0.3, -0.25) is 9.98 Å². The second-order valence-corrected chi connectivity index (χ2v) is 6.39. The fraction of sp³-hybridized carbons (Fsp3) is 0.600. The number of hydrogen-bond acceptors (Lipinski definition) is 2. The molecular formula is C15H24N2. The standard InChI is InChI=1S/C15H24N2/c1-14(2,3)16-12-10-8-7-9-11-13(12)17-15(4,5)6/h7-10H,11H2,1-6H3. The molecule has 0 aromatic heterocycles. The van der Waals surface area contributed by atoms with E-state index in [1.165, 1.54) is 0 Å². The van der Waals surface area contributed by atoms with Crippen molar-refractivity contribution in [1.29, 1.82) is 0 Å². The summed E-state index contributed by atoms with van der Waals surface area (Å²) in [6.45, 7) is 12.7. The van der Waals surface area contributed by atoms with Gasteiger partial charge in [-0.05, 0) is 47.6 Å². The van der Waals surface area contributed by atoms with Gasteiger partial charge in [-0.1, -0.05) is 18.2 Å². The average molecular weight is 232 g/mol. The van der Waals surface area contributed by atoms with Crippen LogP contribution in [0.15, 0.2) is 34.3 Å². The first-order valence-electron chi connectivity index (χ1n) is 6.19. The Morgan fingerprint density at radius 2 is 1.47 bits per heavy atom. The van der Waals surface area contributed by atoms with E-state index in [1.807, 2.05) is 6.08 Å². The zero-order valence-electron chi connectivity index (χ0n) is 11.9. The lowest BCUT2D eigenvalue weighted by atomic mass is 10.1. The Hall–Kier alpha value is -1.18. The molecule has 1 aliphatic rings. The predicted molar refractivity (Wildman–Crippen MR) is 77.3 cm³/mol. The maximum absolute atomic E-state index is 4.78. The van der Waals surface area contributed by atoms with Crippen LogP contribution in [0.3, 0.4) is 0 Å². The molecule has 0 aliphatic heterocycles. The minimum Gasteiger partial charge on any atom is -0.281 e. The molecule has 1 aliphatic carbocycles. The Morgan fingerprint density at radius 3 is 2.00 bits per heavy atom. The second-order valence-electron chi connectivity index (χ2n) is 6.39. The SMILES string of the molecule is CC(C)(C)N=C1C=CC=CCC1=NC(C)(C)C. The van der Waals surface area contributed by atoms with Crippen molar-refractivity contribution in [2.24, 2.45) is 9.98 Å². The van der Waals surface area contributed by atoms with Crippen LogP contribution >= 0.6 is 0 Å². The maximum atomic E-state index is 4.78. The normalized spacial score (nSPS) is 22.2. The van der Waals surface area contributed by atoms with Crippen molar-refractivity contribution in [3.05, 3.63) is 24.3 Å². The van der Waals surface area contributed by atoms with E-state index in [4.69, 9.17) is 9.98 Å². The van der Waals surface area contributed by atoms with Crippen molar-refractivity contribution in [2.45, 2.75) is 59.0 Å². The van der Waals surface area contributed by atoms with Crippen LogP contribution in [-0.2, 0) is 0 Å². The molecule has 0 radical (unpaired) electrons. The van der Waals surface area contributed by atoms with Crippen molar-refractivity contribution in [3.8, 4) is 0 Å². The van der Waals surface area contributed by atoms with Crippen LogP contribution in [-0.4, -0.2) is 22.5 Å². The first-order chi connectivity index (χ1) is 7.67. The minimum absolute atomic E-state index is 0.0555. The van der Waals surface area contributed by atoms with Gasteiger partial charge in [0.1, 0.15) is 0 Å². The number of rotatable bonds is 0. The summed E-state index contributed by atoms with van der Waals surface area (Å²) in [7, 11) is 0. The number of aliphatic imine (C=N–C) groups is 2. The molecule has 0 aromatic rings. The van der Waals surface area contributed by atoms with Gasteiger partial charge in [-0.2, -0.15) is 0 Å². The second kappa shape index (κ2) is 4.99. The molecule has 0 aromatic carbocycles. The highest BCUT2D eigenvalue weighted by molar-refractivity contribution is 6.47. The predicted octanol–water partition coefficient (Wildman–Crippen LogP) is 3.98. The van der Waals surface area contributed by atoms with E-state index in [0.29, 0.717) is 0 Å². The lowest BCUT2D eigenvalue weighted by Gasteiger charge is -2.18. The van der Waals surface area contributed by atoms with E-state index < -0.39 is 0 Å². The molecular weight excluding hydrogens is 208 g/mol. The lowest BCUT2D eigenvalue weighted by Crippen LogP contribution is -2.22. The summed E-state index contributed by atoms with van der Waals surface area (Å²) in [4.78, 5) is 9.53. The first kappa shape index (κ1) is 13.9. The lowest BCUT2D eigenvalue weighted by molar-refractivity contribution is 0.579. The molecule has 0 atom stereocenters. The third-order valence-corrected chi connectivity index (χ3v) is 2.03. The van der Waals surface area contributed by atoms with E-state index in [1.54, 1.807) is 0 Å². The summed E-state index contributed by atoms with van der Waals surface area (Å²) >= 11 is 0. The largest absolute Gasteiger partial charge is 0.281 e. The molecule has 94 valence electrons. The molecule has 1 rings (SSSR count). The van der Waals surface area contributed by atoms with Crippen molar-refractivity contribution in [2.75, 3.05) is 0 Å². The first-order valence-corrected chi connectivity index (χ1v) is 6.19. The summed E-state index contributed by atoms with van der Waals surface area (Å²) < 4.78 is 0. The van der Waals surface area contributed by atoms with Gasteiger partial charge in [-0.15, -0.1) is 0 Å². The van der Waals surface area contributed by atoms with E-state index in [9.17, 15) is 0 Å². The molecule has 0 heterocycles. The molecule has 0 saturated carbocycles. The summed E-state index contributed by atoms with van der Waals surface area (Å²) in [6, 6.07) is 0. The number of allylic oxidation sites excluding steroid dienone is 4. The van der Waals surface area contributed by atoms with Crippen LogP contribution in [0.1, 0.15) is 48.0 Å². The van der Waals surface area contributed by atoms with E-state index in [2.05, 4.69) is 59.8 Å². The fourth-order valence-corrected chi connectivity index (χ4v) is 1.58. The van der Waals surface area contributed by atoms with Gasteiger partial charge in [0, 0.05) is 6.42 Å². The quantitative estimate of drug-likeness (QED) is 0.603. The van der Waals surface area contributed by atoms with Gasteiger partial charge < -0.3 is 0 Å². The molecule has 0 spiro atoms. The van der Waals surface area contributed by atoms with Crippen LogP contribution in [0.25, 0.3) is 0 Å². The Balaban J connectivity index is 3.15. The minimum atomic E-state index is -0.0668. The van der Waals surface area contributed by atoms with Crippen LogP contribution < -0.4 is 0 Å². The Bertz CT molecular complexity index is 382. The maximum Gasteiger partial charge on any atom is 0.0794 e. The zero-order valence-corrected chi connectivity index (χ0v) is 11.9. The van der Waals surface area contributed by atoms with Crippen LogP contribution in [0, 0.1) is 0 Å². The van der Waals surface area contributed by atoms with Crippen molar-refractivity contribution in [1.82, 2.24) is 0 Å². The van der Waals surface area contributed by atoms with Gasteiger partial charge in [0.25, 0.3) is 0 Å². The molecule has 17 heavy (non-hydrogen) atoms. The molecule has 0 N–H and O–H groups in total. The Morgan fingerprint density at radius 1 is 0.882 bits per heavy atom. The smallest absolute Gasteiger partial charge is 0.0794 e. The van der Waals surface area contributed by atoms with Crippen molar-refractivity contribution in [3.63, 3.8) is 0 Å². The molecule has 0 fully saturated rings. The third kappa shape index (κ3) is 5.62. The van der Waals surface area contributed by atoms with Crippen LogP contribution in [0.4, 0.5) is 0 Å². The monoisotopic (exact) mass is 232 g/mol. The molecule has 0 amide bonds. The molecule has 0 saturated heterocycles. The van der Waals surface area contributed by atoms with E-state index in [0.717, 1.165) is 17.8 Å². The Labute approximate surface area is 105 Å². The molecule has 2 nitrogen and oxygen atoms in total. The topological polar surface area (TPSA) is 24.7 Å². The average Bonchev–Trinajstić information content (AvgIpc) is 2.27. The number of hydrogen-bond donors (Lipinski definition) is 0. The summed E-state index contributed by atoms with van der Waals surface area (Å²) in [5.74, 6) is 0. The summed E-state index contributed by atoms with van der Waals surface area (Å²) in [5, 5.41) is 0. The number of nitrogens with zero attached hydrogens (tertiary/aromatic N) is 2. The van der Waals surface area contributed by atoms with Gasteiger partial charge >= 0.3 is 0 Å². The Kier molecular flexibility index (Phi) is 4.07. The zero-order chi connectivity index (χ0) is 13.1. The summed E-state index contributed by atoms with van der Waals surface area (Å²) in [6.07, 6.45) is 9.14. The highest BCUT2D eigenvalue weighted by Gasteiger charge is 2.16. The van der Waals surface area contributed by atoms with Gasteiger partial charge in [-0.25, -0.2) is 0 Å². The van der Waals surface area contributed by atoms with Crippen molar-refractivity contribution < 1.29 is 0 Å².